The summed E-state index contributed by atoms with van der Waals surface area (Å²) in [5.74, 6) is 1.45. The van der Waals surface area contributed by atoms with Crippen LogP contribution in [0.3, 0.4) is 0 Å². The molecule has 3 aromatic rings. The van der Waals surface area contributed by atoms with E-state index in [2.05, 4.69) is 20.9 Å². The van der Waals surface area contributed by atoms with Gasteiger partial charge in [-0.15, -0.1) is 11.3 Å². The molecule has 0 radical (unpaired) electrons. The summed E-state index contributed by atoms with van der Waals surface area (Å²) in [4.78, 5) is 5.47. The Bertz CT molecular complexity index is 750. The van der Waals surface area contributed by atoms with Crippen LogP contribution in [0.4, 0.5) is 0 Å². The van der Waals surface area contributed by atoms with Crippen molar-refractivity contribution in [2.45, 2.75) is 13.3 Å². The van der Waals surface area contributed by atoms with Gasteiger partial charge in [-0.1, -0.05) is 22.0 Å². The topological polar surface area (TPSA) is 52.5 Å². The number of aryl methyl sites for hydroxylation is 1. The van der Waals surface area contributed by atoms with Gasteiger partial charge in [0.25, 0.3) is 0 Å². The van der Waals surface area contributed by atoms with Gasteiger partial charge < -0.3 is 10.5 Å². The van der Waals surface area contributed by atoms with E-state index in [-0.39, 0.29) is 0 Å². The minimum absolute atomic E-state index is 0.567. The van der Waals surface area contributed by atoms with E-state index >= 15 is 0 Å². The Labute approximate surface area is 129 Å². The summed E-state index contributed by atoms with van der Waals surface area (Å²) in [5.41, 5.74) is 7.78. The zero-order chi connectivity index (χ0) is 14.1. The van der Waals surface area contributed by atoms with Crippen LogP contribution in [0.15, 0.2) is 34.2 Å². The lowest BCUT2D eigenvalue weighted by Crippen LogP contribution is -2.05. The molecule has 0 aliphatic carbocycles. The monoisotopic (exact) mass is 351 g/mol. The third-order valence-corrected chi connectivity index (χ3v) is 4.31. The first kappa shape index (κ1) is 13.6. The first-order chi connectivity index (χ1) is 9.69. The molecule has 6 heteroatoms. The molecule has 0 aliphatic rings. The second kappa shape index (κ2) is 5.55. The number of halogens is 1. The highest BCUT2D eigenvalue weighted by Crippen LogP contribution is 2.31. The van der Waals surface area contributed by atoms with Crippen molar-refractivity contribution in [1.29, 1.82) is 0 Å². The predicted molar refractivity (Wildman–Crippen MR) is 84.8 cm³/mol. The van der Waals surface area contributed by atoms with E-state index in [0.29, 0.717) is 12.4 Å². The molecule has 0 saturated carbocycles. The number of aromatic nitrogens is 2. The molecule has 4 nitrogen and oxygen atoms in total. The standard InChI is InChI=1S/C14H14BrN3OS/c1-9-2-3-10(15)8-12(9)19-13-11(4-5-16)18-6-7-20-14(18)17-13/h2-3,6-8H,4-5,16H2,1H3. The molecule has 1 aromatic carbocycles. The van der Waals surface area contributed by atoms with Crippen LogP contribution in [0.5, 0.6) is 11.6 Å². The number of nitrogens with two attached hydrogens (primary N) is 1. The van der Waals surface area contributed by atoms with Gasteiger partial charge in [0.05, 0.1) is 5.69 Å². The molecule has 0 saturated heterocycles. The Morgan fingerprint density at radius 1 is 1.45 bits per heavy atom. The average Bonchev–Trinajstić information content (AvgIpc) is 2.98. The lowest BCUT2D eigenvalue weighted by Gasteiger charge is -2.08. The lowest BCUT2D eigenvalue weighted by molar-refractivity contribution is 0.455. The van der Waals surface area contributed by atoms with Gasteiger partial charge in [-0.05, 0) is 31.2 Å². The quantitative estimate of drug-likeness (QED) is 0.778. The van der Waals surface area contributed by atoms with E-state index in [9.17, 15) is 0 Å². The minimum Gasteiger partial charge on any atom is -0.437 e. The molecule has 20 heavy (non-hydrogen) atoms. The highest BCUT2D eigenvalue weighted by Gasteiger charge is 2.15. The minimum atomic E-state index is 0.567. The molecule has 0 atom stereocenters. The Hall–Kier alpha value is -1.37. The fourth-order valence-corrected chi connectivity index (χ4v) is 3.11. The van der Waals surface area contributed by atoms with Gasteiger partial charge in [0.1, 0.15) is 5.75 Å². The summed E-state index contributed by atoms with van der Waals surface area (Å²) in [6.45, 7) is 2.58. The van der Waals surface area contributed by atoms with E-state index in [4.69, 9.17) is 10.5 Å². The Morgan fingerprint density at radius 3 is 3.10 bits per heavy atom. The molecule has 0 fully saturated rings. The molecule has 0 aliphatic heterocycles. The van der Waals surface area contributed by atoms with Gasteiger partial charge in [0, 0.05) is 22.5 Å². The van der Waals surface area contributed by atoms with Gasteiger partial charge in [-0.25, -0.2) is 0 Å². The fourth-order valence-electron chi connectivity index (χ4n) is 2.05. The number of nitrogens with zero attached hydrogens (tertiary/aromatic N) is 2. The van der Waals surface area contributed by atoms with Crippen molar-refractivity contribution in [3.05, 3.63) is 45.5 Å². The van der Waals surface area contributed by atoms with Crippen molar-refractivity contribution in [2.75, 3.05) is 6.54 Å². The van der Waals surface area contributed by atoms with E-state index in [1.54, 1.807) is 11.3 Å². The number of fused-ring (bicyclic) bond motifs is 1. The molecule has 0 amide bonds. The summed E-state index contributed by atoms with van der Waals surface area (Å²) < 4.78 is 9.03. The third-order valence-electron chi connectivity index (χ3n) is 3.06. The van der Waals surface area contributed by atoms with Gasteiger partial charge >= 0.3 is 0 Å². The Balaban J connectivity index is 2.03. The number of hydrogen-bond acceptors (Lipinski definition) is 4. The number of rotatable bonds is 4. The van der Waals surface area contributed by atoms with Gasteiger partial charge in [-0.3, -0.25) is 4.40 Å². The summed E-state index contributed by atoms with van der Waals surface area (Å²) in [6.07, 6.45) is 2.74. The summed E-state index contributed by atoms with van der Waals surface area (Å²) >= 11 is 5.05. The SMILES string of the molecule is Cc1ccc(Br)cc1Oc1nc2sccn2c1CCN. The molecule has 104 valence electrons. The van der Waals surface area contributed by atoms with Crippen LogP contribution < -0.4 is 10.5 Å². The second-order valence-electron chi connectivity index (χ2n) is 4.47. The Morgan fingerprint density at radius 2 is 2.30 bits per heavy atom. The van der Waals surface area contributed by atoms with Crippen LogP contribution in [0, 0.1) is 6.92 Å². The van der Waals surface area contributed by atoms with Crippen LogP contribution >= 0.6 is 27.3 Å². The summed E-state index contributed by atoms with van der Waals surface area (Å²) in [7, 11) is 0. The highest BCUT2D eigenvalue weighted by atomic mass is 79.9. The van der Waals surface area contributed by atoms with E-state index in [0.717, 1.165) is 32.9 Å². The van der Waals surface area contributed by atoms with Gasteiger partial charge in [0.15, 0.2) is 4.96 Å². The number of thiazole rings is 1. The fraction of sp³-hybridized carbons (Fsp3) is 0.214. The average molecular weight is 352 g/mol. The molecule has 0 spiro atoms. The zero-order valence-electron chi connectivity index (χ0n) is 11.0. The number of benzene rings is 1. The maximum Gasteiger partial charge on any atom is 0.242 e. The molecular formula is C14H14BrN3OS. The van der Waals surface area contributed by atoms with Crippen LogP contribution in [0.2, 0.25) is 0 Å². The maximum absolute atomic E-state index is 6.01. The molecule has 2 aromatic heterocycles. The maximum atomic E-state index is 6.01. The number of ether oxygens (including phenoxy) is 1. The predicted octanol–water partition coefficient (Wildman–Crippen LogP) is 3.76. The summed E-state index contributed by atoms with van der Waals surface area (Å²) in [6, 6.07) is 5.96. The Kier molecular flexibility index (Phi) is 3.78. The van der Waals surface area contributed by atoms with Crippen molar-refractivity contribution in [2.24, 2.45) is 5.73 Å². The first-order valence-corrected chi connectivity index (χ1v) is 7.95. The normalized spacial score (nSPS) is 11.2. The molecule has 0 unspecified atom stereocenters. The molecule has 0 bridgehead atoms. The zero-order valence-corrected chi connectivity index (χ0v) is 13.4. The van der Waals surface area contributed by atoms with Crippen molar-refractivity contribution in [3.8, 4) is 11.6 Å². The van der Waals surface area contributed by atoms with Crippen molar-refractivity contribution >= 4 is 32.2 Å². The van der Waals surface area contributed by atoms with Crippen molar-refractivity contribution < 1.29 is 4.74 Å². The van der Waals surface area contributed by atoms with Crippen LogP contribution in [-0.2, 0) is 6.42 Å². The third kappa shape index (κ3) is 2.46. The second-order valence-corrected chi connectivity index (χ2v) is 6.26. The van der Waals surface area contributed by atoms with Crippen molar-refractivity contribution in [1.82, 2.24) is 9.38 Å². The summed E-state index contributed by atoms with van der Waals surface area (Å²) in [5, 5.41) is 2.01. The number of imidazole rings is 1. The number of hydrogen-bond donors (Lipinski definition) is 1. The molecule has 2 N–H and O–H groups in total. The van der Waals surface area contributed by atoms with Crippen LogP contribution in [0.1, 0.15) is 11.3 Å². The van der Waals surface area contributed by atoms with Gasteiger partial charge in [0.2, 0.25) is 5.88 Å². The molecular weight excluding hydrogens is 338 g/mol. The highest BCUT2D eigenvalue weighted by molar-refractivity contribution is 9.10. The smallest absolute Gasteiger partial charge is 0.242 e. The largest absolute Gasteiger partial charge is 0.437 e. The first-order valence-electron chi connectivity index (χ1n) is 6.27. The lowest BCUT2D eigenvalue weighted by atomic mass is 10.2. The van der Waals surface area contributed by atoms with E-state index in [1.807, 2.05) is 41.1 Å². The van der Waals surface area contributed by atoms with E-state index in [1.165, 1.54) is 0 Å². The molecule has 3 rings (SSSR count). The van der Waals surface area contributed by atoms with Gasteiger partial charge in [-0.2, -0.15) is 4.98 Å². The van der Waals surface area contributed by atoms with Crippen molar-refractivity contribution in [3.63, 3.8) is 0 Å². The molecule has 2 heterocycles. The van der Waals surface area contributed by atoms with Crippen LogP contribution in [-0.4, -0.2) is 15.9 Å². The van der Waals surface area contributed by atoms with Crippen LogP contribution in [0.25, 0.3) is 4.96 Å². The van der Waals surface area contributed by atoms with E-state index < -0.39 is 0 Å².